The third kappa shape index (κ3) is 2.78. The van der Waals surface area contributed by atoms with Crippen molar-refractivity contribution in [3.05, 3.63) is 11.6 Å². The Kier molecular flexibility index (Phi) is 3.19. The molecule has 1 unspecified atom stereocenters. The van der Waals surface area contributed by atoms with Gasteiger partial charge < -0.3 is 5.73 Å². The summed E-state index contributed by atoms with van der Waals surface area (Å²) in [6.07, 6.45) is 12.7. The first-order chi connectivity index (χ1) is 5.33. The van der Waals surface area contributed by atoms with Gasteiger partial charge in [-0.05, 0) is 25.7 Å². The Morgan fingerprint density at radius 2 is 2.55 bits per heavy atom. The maximum Gasteiger partial charge on any atom is 0.0121 e. The van der Waals surface area contributed by atoms with Gasteiger partial charge >= 0.3 is 0 Å². The number of unbranched alkanes of at least 4 members (excludes halogenated alkanes) is 1. The molecule has 1 aliphatic carbocycles. The van der Waals surface area contributed by atoms with Crippen molar-refractivity contribution in [1.82, 2.24) is 0 Å². The Balaban J connectivity index is 2.26. The summed E-state index contributed by atoms with van der Waals surface area (Å²) in [4.78, 5) is 0. The van der Waals surface area contributed by atoms with E-state index in [4.69, 9.17) is 12.2 Å². The van der Waals surface area contributed by atoms with E-state index in [9.17, 15) is 0 Å². The molecule has 1 aliphatic rings. The first kappa shape index (κ1) is 8.36. The molecule has 1 saturated carbocycles. The first-order valence-corrected chi connectivity index (χ1v) is 4.20. The normalized spacial score (nSPS) is 27.3. The molecule has 0 aromatic rings. The summed E-state index contributed by atoms with van der Waals surface area (Å²) in [5.74, 6) is 2.63. The van der Waals surface area contributed by atoms with E-state index in [0.717, 1.165) is 25.7 Å². The number of hydrogen-bond donors (Lipinski definition) is 1. The number of allylic oxidation sites excluding steroid dienone is 1. The molecule has 1 heteroatoms. The fourth-order valence-corrected chi connectivity index (χ4v) is 1.46. The number of hydrogen-bond acceptors (Lipinski definition) is 1. The van der Waals surface area contributed by atoms with Crippen LogP contribution in [0.15, 0.2) is 11.6 Å². The Hall–Kier alpha value is -0.740. The van der Waals surface area contributed by atoms with Crippen molar-refractivity contribution < 1.29 is 0 Å². The maximum absolute atomic E-state index is 5.75. The van der Waals surface area contributed by atoms with Gasteiger partial charge in [-0.25, -0.2) is 0 Å². The van der Waals surface area contributed by atoms with Gasteiger partial charge in [0.05, 0.1) is 0 Å². The summed E-state index contributed by atoms with van der Waals surface area (Å²) < 4.78 is 0. The lowest BCUT2D eigenvalue weighted by Gasteiger charge is -1.95. The fraction of sp³-hybridized carbons (Fsp3) is 0.600. The van der Waals surface area contributed by atoms with Crippen molar-refractivity contribution in [3.63, 3.8) is 0 Å². The molecule has 11 heavy (non-hydrogen) atoms. The summed E-state index contributed by atoms with van der Waals surface area (Å²) in [6, 6.07) is 0.409. The second-order valence-corrected chi connectivity index (χ2v) is 3.11. The lowest BCUT2D eigenvalue weighted by atomic mass is 10.1. The molecule has 2 N–H and O–H groups in total. The monoisotopic (exact) mass is 149 g/mol. The van der Waals surface area contributed by atoms with E-state index in [1.807, 2.05) is 0 Å². The topological polar surface area (TPSA) is 26.0 Å². The molecule has 0 aliphatic heterocycles. The van der Waals surface area contributed by atoms with E-state index in [-0.39, 0.29) is 0 Å². The van der Waals surface area contributed by atoms with Crippen molar-refractivity contribution in [2.75, 3.05) is 0 Å². The van der Waals surface area contributed by atoms with Crippen LogP contribution in [0.4, 0.5) is 0 Å². The zero-order valence-electron chi connectivity index (χ0n) is 6.84. The van der Waals surface area contributed by atoms with E-state index < -0.39 is 0 Å². The molecule has 1 nitrogen and oxygen atoms in total. The Morgan fingerprint density at radius 3 is 3.09 bits per heavy atom. The van der Waals surface area contributed by atoms with E-state index in [1.165, 1.54) is 12.0 Å². The predicted octanol–water partition coefficient (Wildman–Crippen LogP) is 1.84. The van der Waals surface area contributed by atoms with Crippen LogP contribution in [0.5, 0.6) is 0 Å². The second-order valence-electron chi connectivity index (χ2n) is 3.11. The van der Waals surface area contributed by atoms with Crippen LogP contribution < -0.4 is 5.73 Å². The molecule has 0 spiro atoms. The molecular weight excluding hydrogens is 134 g/mol. The van der Waals surface area contributed by atoms with Gasteiger partial charge in [-0.3, -0.25) is 0 Å². The molecule has 0 radical (unpaired) electrons. The van der Waals surface area contributed by atoms with Crippen molar-refractivity contribution in [1.29, 1.82) is 0 Å². The van der Waals surface area contributed by atoms with Crippen LogP contribution in [0, 0.1) is 12.3 Å². The van der Waals surface area contributed by atoms with Crippen LogP contribution >= 0.6 is 0 Å². The fourth-order valence-electron chi connectivity index (χ4n) is 1.46. The third-order valence-electron chi connectivity index (χ3n) is 2.08. The van der Waals surface area contributed by atoms with Gasteiger partial charge in [0.25, 0.3) is 0 Å². The molecule has 0 aromatic heterocycles. The van der Waals surface area contributed by atoms with Gasteiger partial charge in [-0.2, -0.15) is 0 Å². The molecule has 1 rings (SSSR count). The zero-order valence-corrected chi connectivity index (χ0v) is 6.84. The summed E-state index contributed by atoms with van der Waals surface area (Å²) >= 11 is 0. The van der Waals surface area contributed by atoms with Crippen molar-refractivity contribution >= 4 is 0 Å². The predicted molar refractivity (Wildman–Crippen MR) is 48.0 cm³/mol. The van der Waals surface area contributed by atoms with Crippen molar-refractivity contribution in [2.45, 2.75) is 38.1 Å². The van der Waals surface area contributed by atoms with Gasteiger partial charge in [0.2, 0.25) is 0 Å². The van der Waals surface area contributed by atoms with Gasteiger partial charge in [-0.15, -0.1) is 12.3 Å². The SMILES string of the molecule is C#CCCC=C1CCC(N)C1. The van der Waals surface area contributed by atoms with E-state index in [2.05, 4.69) is 12.0 Å². The average molecular weight is 149 g/mol. The maximum atomic E-state index is 5.75. The van der Waals surface area contributed by atoms with Gasteiger partial charge in [0, 0.05) is 12.5 Å². The Labute approximate surface area is 68.7 Å². The van der Waals surface area contributed by atoms with Crippen LogP contribution in [-0.2, 0) is 0 Å². The van der Waals surface area contributed by atoms with Crippen LogP contribution in [0.3, 0.4) is 0 Å². The van der Waals surface area contributed by atoms with Gasteiger partial charge in [-0.1, -0.05) is 11.6 Å². The minimum absolute atomic E-state index is 0.409. The van der Waals surface area contributed by atoms with Crippen molar-refractivity contribution in [3.8, 4) is 12.3 Å². The smallest absolute Gasteiger partial charge is 0.0121 e. The summed E-state index contributed by atoms with van der Waals surface area (Å²) in [5.41, 5.74) is 7.26. The summed E-state index contributed by atoms with van der Waals surface area (Å²) in [5, 5.41) is 0. The van der Waals surface area contributed by atoms with Crippen LogP contribution in [-0.4, -0.2) is 6.04 Å². The van der Waals surface area contributed by atoms with Crippen LogP contribution in [0.2, 0.25) is 0 Å². The minimum Gasteiger partial charge on any atom is -0.327 e. The van der Waals surface area contributed by atoms with E-state index in [1.54, 1.807) is 0 Å². The van der Waals surface area contributed by atoms with Gasteiger partial charge in [0.1, 0.15) is 0 Å². The van der Waals surface area contributed by atoms with Crippen molar-refractivity contribution in [2.24, 2.45) is 5.73 Å². The molecular formula is C10H15N. The molecule has 0 heterocycles. The minimum atomic E-state index is 0.409. The molecule has 0 amide bonds. The highest BCUT2D eigenvalue weighted by Crippen LogP contribution is 2.23. The molecule has 60 valence electrons. The highest BCUT2D eigenvalue weighted by molar-refractivity contribution is 5.10. The standard InChI is InChI=1S/C10H15N/c1-2-3-4-5-9-6-7-10(11)8-9/h1,5,10H,3-4,6-8,11H2. The lowest BCUT2D eigenvalue weighted by Crippen LogP contribution is -2.13. The average Bonchev–Trinajstić information content (AvgIpc) is 2.37. The summed E-state index contributed by atoms with van der Waals surface area (Å²) in [6.45, 7) is 0. The highest BCUT2D eigenvalue weighted by atomic mass is 14.6. The quantitative estimate of drug-likeness (QED) is 0.362. The van der Waals surface area contributed by atoms with Gasteiger partial charge in [0.15, 0.2) is 0 Å². The third-order valence-corrected chi connectivity index (χ3v) is 2.08. The second kappa shape index (κ2) is 4.20. The largest absolute Gasteiger partial charge is 0.327 e. The number of rotatable bonds is 2. The number of terminal acetylenes is 1. The van der Waals surface area contributed by atoms with E-state index in [0.29, 0.717) is 6.04 Å². The Bertz CT molecular complexity index is 186. The molecule has 0 aromatic carbocycles. The zero-order chi connectivity index (χ0) is 8.10. The first-order valence-electron chi connectivity index (χ1n) is 4.20. The van der Waals surface area contributed by atoms with Crippen LogP contribution in [0.25, 0.3) is 0 Å². The molecule has 0 bridgehead atoms. The lowest BCUT2D eigenvalue weighted by molar-refractivity contribution is 0.711. The Morgan fingerprint density at radius 1 is 1.73 bits per heavy atom. The molecule has 1 fully saturated rings. The molecule has 1 atom stereocenters. The van der Waals surface area contributed by atoms with E-state index >= 15 is 0 Å². The molecule has 0 saturated heterocycles. The number of nitrogens with two attached hydrogens (primary N) is 1. The highest BCUT2D eigenvalue weighted by Gasteiger charge is 2.13. The summed E-state index contributed by atoms with van der Waals surface area (Å²) in [7, 11) is 0. The van der Waals surface area contributed by atoms with Crippen LogP contribution in [0.1, 0.15) is 32.1 Å².